The molecule has 0 aliphatic heterocycles. The second kappa shape index (κ2) is 7.25. The van der Waals surface area contributed by atoms with Crippen molar-refractivity contribution in [2.45, 2.75) is 9.79 Å². The van der Waals surface area contributed by atoms with Crippen LogP contribution < -0.4 is 4.72 Å². The first kappa shape index (κ1) is 19.6. The van der Waals surface area contributed by atoms with Crippen molar-refractivity contribution in [2.24, 2.45) is 0 Å². The van der Waals surface area contributed by atoms with Gasteiger partial charge in [-0.05, 0) is 48.5 Å². The molecule has 0 saturated carbocycles. The molecule has 9 heteroatoms. The zero-order valence-corrected chi connectivity index (χ0v) is 17.7. The Kier molecular flexibility index (Phi) is 4.89. The molecular formula is C20H16N2O4S3. The van der Waals surface area contributed by atoms with Crippen molar-refractivity contribution < 1.29 is 16.8 Å². The van der Waals surface area contributed by atoms with Crippen LogP contribution in [0.15, 0.2) is 82.6 Å². The number of hydrogen-bond acceptors (Lipinski definition) is 6. The van der Waals surface area contributed by atoms with Crippen LogP contribution in [0.25, 0.3) is 20.8 Å². The van der Waals surface area contributed by atoms with E-state index < -0.39 is 19.9 Å². The molecule has 0 aliphatic carbocycles. The quantitative estimate of drug-likeness (QED) is 0.499. The van der Waals surface area contributed by atoms with E-state index in [1.165, 1.54) is 35.6 Å². The highest BCUT2D eigenvalue weighted by Gasteiger charge is 2.16. The van der Waals surface area contributed by atoms with Gasteiger partial charge in [-0.2, -0.15) is 0 Å². The first-order valence-electron chi connectivity index (χ1n) is 8.51. The third kappa shape index (κ3) is 4.16. The van der Waals surface area contributed by atoms with Gasteiger partial charge in [0.2, 0.25) is 0 Å². The lowest BCUT2D eigenvalue weighted by atomic mass is 10.2. The van der Waals surface area contributed by atoms with Crippen LogP contribution in [0.1, 0.15) is 0 Å². The maximum Gasteiger partial charge on any atom is 0.261 e. The van der Waals surface area contributed by atoms with Gasteiger partial charge in [-0.3, -0.25) is 4.72 Å². The van der Waals surface area contributed by atoms with Crippen molar-refractivity contribution in [1.29, 1.82) is 0 Å². The minimum atomic E-state index is -3.86. The number of benzene rings is 3. The summed E-state index contributed by atoms with van der Waals surface area (Å²) in [6.07, 6.45) is 1.07. The summed E-state index contributed by atoms with van der Waals surface area (Å²) in [5.41, 5.74) is 2.09. The van der Waals surface area contributed by atoms with Crippen molar-refractivity contribution in [1.82, 2.24) is 4.98 Å². The molecule has 0 fully saturated rings. The van der Waals surface area contributed by atoms with Gasteiger partial charge in [-0.15, -0.1) is 11.3 Å². The summed E-state index contributed by atoms with van der Waals surface area (Å²) < 4.78 is 52.1. The predicted octanol–water partition coefficient (Wildman–Crippen LogP) is 4.17. The number of rotatable bonds is 5. The Morgan fingerprint density at radius 2 is 1.52 bits per heavy atom. The molecule has 0 unspecified atom stereocenters. The fraction of sp³-hybridized carbons (Fsp3) is 0.0500. The Balaban J connectivity index is 1.63. The van der Waals surface area contributed by atoms with Crippen molar-refractivity contribution in [3.63, 3.8) is 0 Å². The molecule has 0 saturated heterocycles. The van der Waals surface area contributed by atoms with Crippen LogP contribution in [0.4, 0.5) is 5.69 Å². The van der Waals surface area contributed by atoms with Gasteiger partial charge in [0.1, 0.15) is 5.01 Å². The normalized spacial score (nSPS) is 12.2. The second-order valence-corrected chi connectivity index (χ2v) is 11.1. The van der Waals surface area contributed by atoms with Crippen LogP contribution in [-0.4, -0.2) is 28.1 Å². The number of nitrogens with one attached hydrogen (secondary N) is 1. The van der Waals surface area contributed by atoms with Crippen LogP contribution in [0.5, 0.6) is 0 Å². The number of sulfone groups is 1. The van der Waals surface area contributed by atoms with Crippen LogP contribution in [0.2, 0.25) is 0 Å². The highest BCUT2D eigenvalue weighted by Crippen LogP contribution is 2.31. The van der Waals surface area contributed by atoms with E-state index in [2.05, 4.69) is 9.71 Å². The van der Waals surface area contributed by atoms with Crippen LogP contribution in [0, 0.1) is 0 Å². The number of nitrogens with zero attached hydrogens (tertiary/aromatic N) is 1. The molecule has 0 spiro atoms. The van der Waals surface area contributed by atoms with Gasteiger partial charge in [-0.25, -0.2) is 21.8 Å². The molecule has 0 radical (unpaired) electrons. The molecule has 4 aromatic rings. The Labute approximate surface area is 172 Å². The molecule has 0 aliphatic rings. The van der Waals surface area contributed by atoms with E-state index >= 15 is 0 Å². The van der Waals surface area contributed by atoms with E-state index in [1.807, 2.05) is 30.3 Å². The van der Waals surface area contributed by atoms with Gasteiger partial charge in [0.25, 0.3) is 10.0 Å². The Bertz CT molecular complexity index is 1370. The molecule has 0 atom stereocenters. The van der Waals surface area contributed by atoms with E-state index in [0.29, 0.717) is 5.69 Å². The maximum absolute atomic E-state index is 12.7. The maximum atomic E-state index is 12.7. The van der Waals surface area contributed by atoms with Crippen molar-refractivity contribution in [2.75, 3.05) is 11.0 Å². The van der Waals surface area contributed by atoms with Crippen molar-refractivity contribution >= 4 is 47.1 Å². The van der Waals surface area contributed by atoms with Gasteiger partial charge in [-0.1, -0.05) is 24.3 Å². The van der Waals surface area contributed by atoms with E-state index in [9.17, 15) is 16.8 Å². The van der Waals surface area contributed by atoms with E-state index in [4.69, 9.17) is 0 Å². The SMILES string of the molecule is CS(=O)(=O)c1ccc(S(=O)(=O)Nc2cccc(-c3nc4ccccc4s3)c2)cc1. The lowest BCUT2D eigenvalue weighted by molar-refractivity contribution is 0.597. The third-order valence-electron chi connectivity index (χ3n) is 4.22. The zero-order valence-electron chi connectivity index (χ0n) is 15.2. The van der Waals surface area contributed by atoms with Crippen molar-refractivity contribution in [3.8, 4) is 10.6 Å². The largest absolute Gasteiger partial charge is 0.280 e. The average Bonchev–Trinajstić information content (AvgIpc) is 3.12. The Morgan fingerprint density at radius 1 is 0.828 bits per heavy atom. The predicted molar refractivity (Wildman–Crippen MR) is 115 cm³/mol. The molecule has 3 aromatic carbocycles. The average molecular weight is 445 g/mol. The lowest BCUT2D eigenvalue weighted by Gasteiger charge is -2.09. The molecule has 148 valence electrons. The molecule has 6 nitrogen and oxygen atoms in total. The van der Waals surface area contributed by atoms with Gasteiger partial charge in [0, 0.05) is 17.5 Å². The minimum Gasteiger partial charge on any atom is -0.280 e. The fourth-order valence-corrected chi connectivity index (χ4v) is 5.43. The van der Waals surface area contributed by atoms with Gasteiger partial charge < -0.3 is 0 Å². The van der Waals surface area contributed by atoms with Crippen LogP contribution in [-0.2, 0) is 19.9 Å². The van der Waals surface area contributed by atoms with Gasteiger partial charge in [0.15, 0.2) is 9.84 Å². The molecule has 1 aromatic heterocycles. The highest BCUT2D eigenvalue weighted by molar-refractivity contribution is 7.92. The number of para-hydroxylation sites is 1. The second-order valence-electron chi connectivity index (χ2n) is 6.42. The van der Waals surface area contributed by atoms with Crippen LogP contribution in [0.3, 0.4) is 0 Å². The third-order valence-corrected chi connectivity index (χ3v) is 7.83. The molecule has 0 bridgehead atoms. The molecular weight excluding hydrogens is 428 g/mol. The molecule has 29 heavy (non-hydrogen) atoms. The summed E-state index contributed by atoms with van der Waals surface area (Å²) in [6, 6.07) is 19.9. The van der Waals surface area contributed by atoms with E-state index in [1.54, 1.807) is 18.2 Å². The number of fused-ring (bicyclic) bond motifs is 1. The summed E-state index contributed by atoms with van der Waals surface area (Å²) in [7, 11) is -7.25. The summed E-state index contributed by atoms with van der Waals surface area (Å²) in [4.78, 5) is 4.64. The highest BCUT2D eigenvalue weighted by atomic mass is 32.2. The molecule has 1 N–H and O–H groups in total. The van der Waals surface area contributed by atoms with Crippen LogP contribution >= 0.6 is 11.3 Å². The molecule has 4 rings (SSSR count). The number of sulfonamides is 1. The summed E-state index contributed by atoms with van der Waals surface area (Å²) in [5.74, 6) is 0. The first-order valence-corrected chi connectivity index (χ1v) is 12.7. The van der Waals surface area contributed by atoms with Gasteiger partial charge >= 0.3 is 0 Å². The number of aromatic nitrogens is 1. The Hall–Kier alpha value is -2.75. The van der Waals surface area contributed by atoms with Gasteiger partial charge in [0.05, 0.1) is 20.0 Å². The number of thiazole rings is 1. The first-order chi connectivity index (χ1) is 13.7. The van der Waals surface area contributed by atoms with E-state index in [0.717, 1.165) is 27.0 Å². The van der Waals surface area contributed by atoms with Crippen molar-refractivity contribution in [3.05, 3.63) is 72.8 Å². The monoisotopic (exact) mass is 444 g/mol. The standard InChI is InChI=1S/C20H16N2O4S3/c1-28(23,24)16-9-11-17(12-10-16)29(25,26)22-15-6-4-5-14(13-15)20-21-18-7-2-3-8-19(18)27-20/h2-13,22H,1H3. The Morgan fingerprint density at radius 3 is 2.21 bits per heavy atom. The fourth-order valence-electron chi connectivity index (χ4n) is 2.79. The smallest absolute Gasteiger partial charge is 0.261 e. The zero-order chi connectivity index (χ0) is 20.6. The topological polar surface area (TPSA) is 93.2 Å². The summed E-state index contributed by atoms with van der Waals surface area (Å²) >= 11 is 1.53. The molecule has 0 amide bonds. The minimum absolute atomic E-state index is 0.0182. The molecule has 1 heterocycles. The number of anilines is 1. The van der Waals surface area contributed by atoms with E-state index in [-0.39, 0.29) is 9.79 Å². The summed E-state index contributed by atoms with van der Waals surface area (Å²) in [6.45, 7) is 0. The summed E-state index contributed by atoms with van der Waals surface area (Å²) in [5, 5.41) is 0.796. The lowest BCUT2D eigenvalue weighted by Crippen LogP contribution is -2.13. The number of hydrogen-bond donors (Lipinski definition) is 1.